The third-order valence-electron chi connectivity index (χ3n) is 2.44. The number of rotatable bonds is 1. The summed E-state index contributed by atoms with van der Waals surface area (Å²) >= 11 is 0. The van der Waals surface area contributed by atoms with Crippen molar-refractivity contribution in [2.45, 2.75) is 13.8 Å². The van der Waals surface area contributed by atoms with E-state index in [1.54, 1.807) is 0 Å². The molecule has 2 aromatic rings. The maximum Gasteiger partial charge on any atom is 0 e. The summed E-state index contributed by atoms with van der Waals surface area (Å²) in [6, 6.07) is 15.9. The predicted molar refractivity (Wildman–Crippen MR) is 60.8 cm³/mol. The monoisotopic (exact) mass is 269 g/mol. The van der Waals surface area contributed by atoms with E-state index in [1.165, 1.54) is 10.8 Å². The number of hydrogen-bond donors (Lipinski definition) is 0. The number of allylic oxidation sites excluding steroid dienone is 2. The molecule has 0 aliphatic heterocycles. The van der Waals surface area contributed by atoms with Gasteiger partial charge in [-0.25, -0.2) is 12.1 Å². The largest absolute Gasteiger partial charge is 0.316 e. The molecule has 0 saturated heterocycles. The summed E-state index contributed by atoms with van der Waals surface area (Å²) in [5.74, 6) is 0. The minimum absolute atomic E-state index is 0. The number of hydrogen-bond acceptors (Lipinski definition) is 0. The first kappa shape index (κ1) is 12.6. The molecule has 2 rings (SSSR count). The second kappa shape index (κ2) is 5.58. The van der Waals surface area contributed by atoms with Crippen molar-refractivity contribution in [2.75, 3.05) is 0 Å². The molecule has 0 heterocycles. The summed E-state index contributed by atoms with van der Waals surface area (Å²) in [6.45, 7) is 3.99. The van der Waals surface area contributed by atoms with Crippen LogP contribution in [0.2, 0.25) is 0 Å². The van der Waals surface area contributed by atoms with Crippen LogP contribution in [0.5, 0.6) is 0 Å². The van der Waals surface area contributed by atoms with Crippen molar-refractivity contribution in [1.82, 2.24) is 0 Å². The van der Waals surface area contributed by atoms with Gasteiger partial charge in [0.2, 0.25) is 0 Å². The van der Waals surface area contributed by atoms with E-state index >= 15 is 0 Å². The Balaban J connectivity index is 0.00000112. The van der Waals surface area contributed by atoms with Crippen molar-refractivity contribution in [3.8, 4) is 0 Å². The standard InChI is InChI=1S/C14H12.Y/c1-3-11(2)13-9-8-12-6-4-5-7-14(12)10-13;/h4-9H,1-2H3;/q-2;. The fourth-order valence-electron chi connectivity index (χ4n) is 1.47. The predicted octanol–water partition coefficient (Wildman–Crippen LogP) is 3.86. The second-order valence-corrected chi connectivity index (χ2v) is 3.33. The molecule has 1 heteroatoms. The molecule has 0 unspecified atom stereocenters. The van der Waals surface area contributed by atoms with Gasteiger partial charge in [-0.2, -0.15) is 0 Å². The quantitative estimate of drug-likeness (QED) is 0.689. The molecule has 15 heavy (non-hydrogen) atoms. The third kappa shape index (κ3) is 2.77. The zero-order valence-electron chi connectivity index (χ0n) is 9.04. The first-order valence-electron chi connectivity index (χ1n) is 4.74. The van der Waals surface area contributed by atoms with Crippen LogP contribution in [-0.4, -0.2) is 0 Å². The summed E-state index contributed by atoms with van der Waals surface area (Å²) in [5, 5.41) is 2.40. The molecule has 73 valence electrons. The van der Waals surface area contributed by atoms with Gasteiger partial charge in [0, 0.05) is 32.7 Å². The Kier molecular flexibility index (Phi) is 4.69. The van der Waals surface area contributed by atoms with Crippen molar-refractivity contribution in [3.05, 3.63) is 54.1 Å². The molecule has 0 spiro atoms. The normalized spacial score (nSPS) is 11.2. The van der Waals surface area contributed by atoms with Crippen LogP contribution in [0.3, 0.4) is 0 Å². The van der Waals surface area contributed by atoms with Crippen LogP contribution in [-0.2, 0) is 32.7 Å². The molecule has 2 aromatic carbocycles. The van der Waals surface area contributed by atoms with Crippen LogP contribution >= 0.6 is 0 Å². The Morgan fingerprint density at radius 1 is 1.13 bits per heavy atom. The van der Waals surface area contributed by atoms with Crippen molar-refractivity contribution in [1.29, 1.82) is 0 Å². The summed E-state index contributed by atoms with van der Waals surface area (Å²) in [7, 11) is 0. The van der Waals surface area contributed by atoms with Crippen LogP contribution < -0.4 is 0 Å². The van der Waals surface area contributed by atoms with E-state index in [0.29, 0.717) is 0 Å². The van der Waals surface area contributed by atoms with Gasteiger partial charge in [-0.1, -0.05) is 23.6 Å². The Labute approximate surface area is 116 Å². The molecule has 0 amide bonds. The van der Waals surface area contributed by atoms with E-state index in [1.807, 2.05) is 19.1 Å². The van der Waals surface area contributed by atoms with Crippen LogP contribution in [0.15, 0.2) is 36.4 Å². The molecule has 0 saturated carbocycles. The number of benzene rings is 2. The molecular weight excluding hydrogens is 257 g/mol. The second-order valence-electron chi connectivity index (χ2n) is 3.33. The third-order valence-corrected chi connectivity index (χ3v) is 2.44. The van der Waals surface area contributed by atoms with Crippen molar-refractivity contribution in [3.63, 3.8) is 0 Å². The van der Waals surface area contributed by atoms with Gasteiger partial charge in [0.1, 0.15) is 0 Å². The Morgan fingerprint density at radius 3 is 2.60 bits per heavy atom. The molecule has 0 N–H and O–H groups in total. The summed E-state index contributed by atoms with van der Waals surface area (Å²) in [5.41, 5.74) is 2.28. The van der Waals surface area contributed by atoms with E-state index in [-0.39, 0.29) is 32.7 Å². The van der Waals surface area contributed by atoms with E-state index in [2.05, 4.69) is 43.3 Å². The Hall–Kier alpha value is -0.456. The minimum atomic E-state index is 0. The van der Waals surface area contributed by atoms with E-state index < -0.39 is 0 Å². The van der Waals surface area contributed by atoms with Crippen molar-refractivity contribution >= 4 is 16.3 Å². The summed E-state index contributed by atoms with van der Waals surface area (Å²) in [4.78, 5) is 0. The maximum absolute atomic E-state index is 3.38. The molecule has 0 aliphatic rings. The average Bonchev–Trinajstić information content (AvgIpc) is 2.27. The topological polar surface area (TPSA) is 0 Å². The van der Waals surface area contributed by atoms with Gasteiger partial charge < -0.3 is 6.08 Å². The van der Waals surface area contributed by atoms with E-state index in [4.69, 9.17) is 0 Å². The summed E-state index contributed by atoms with van der Waals surface area (Å²) < 4.78 is 0. The smallest absolute Gasteiger partial charge is 0 e. The molecule has 0 atom stereocenters. The zero-order valence-corrected chi connectivity index (χ0v) is 11.9. The maximum atomic E-state index is 3.38. The molecule has 0 aliphatic carbocycles. The first-order chi connectivity index (χ1) is 6.81. The Bertz CT molecular complexity index is 483. The van der Waals surface area contributed by atoms with Gasteiger partial charge in [-0.15, -0.1) is 31.4 Å². The van der Waals surface area contributed by atoms with Crippen LogP contribution in [0.4, 0.5) is 0 Å². The van der Waals surface area contributed by atoms with E-state index in [9.17, 15) is 0 Å². The fourth-order valence-corrected chi connectivity index (χ4v) is 1.47. The van der Waals surface area contributed by atoms with Gasteiger partial charge >= 0.3 is 0 Å². The van der Waals surface area contributed by atoms with Crippen LogP contribution in [0.25, 0.3) is 16.3 Å². The molecule has 0 aromatic heterocycles. The van der Waals surface area contributed by atoms with Crippen molar-refractivity contribution in [2.24, 2.45) is 0 Å². The van der Waals surface area contributed by atoms with E-state index in [0.717, 1.165) is 11.1 Å². The van der Waals surface area contributed by atoms with Crippen LogP contribution in [0, 0.1) is 12.1 Å². The summed E-state index contributed by atoms with van der Waals surface area (Å²) in [6.07, 6.45) is 3.13. The van der Waals surface area contributed by atoms with Crippen LogP contribution in [0.1, 0.15) is 19.4 Å². The Morgan fingerprint density at radius 2 is 1.87 bits per heavy atom. The fraction of sp³-hybridized carbons (Fsp3) is 0.143. The number of fused-ring (bicyclic) bond motifs is 1. The van der Waals surface area contributed by atoms with Gasteiger partial charge in [-0.05, 0) is 0 Å². The molecule has 0 nitrogen and oxygen atoms in total. The van der Waals surface area contributed by atoms with Gasteiger partial charge in [0.15, 0.2) is 0 Å². The SMILES string of the molecule is C[C-]=C(C)c1[c-]c2ccccc2cc1.[Y]. The van der Waals surface area contributed by atoms with Crippen molar-refractivity contribution < 1.29 is 32.7 Å². The molecular formula is C14H12Y-2. The molecule has 1 radical (unpaired) electrons. The molecule has 0 fully saturated rings. The molecule has 0 bridgehead atoms. The van der Waals surface area contributed by atoms with Gasteiger partial charge in [0.05, 0.1) is 0 Å². The average molecular weight is 269 g/mol. The van der Waals surface area contributed by atoms with Gasteiger partial charge in [0.25, 0.3) is 0 Å². The van der Waals surface area contributed by atoms with Gasteiger partial charge in [-0.3, -0.25) is 11.1 Å². The zero-order chi connectivity index (χ0) is 9.97. The minimum Gasteiger partial charge on any atom is -0.316 e. The first-order valence-corrected chi connectivity index (χ1v) is 4.74.